The Kier molecular flexibility index (Phi) is 5.90. The first-order chi connectivity index (χ1) is 9.68. The van der Waals surface area contributed by atoms with Crippen LogP contribution in [0, 0.1) is 16.7 Å². The summed E-state index contributed by atoms with van der Waals surface area (Å²) in [7, 11) is -1.89. The van der Waals surface area contributed by atoms with Gasteiger partial charge in [-0.25, -0.2) is 13.1 Å². The number of rotatable bonds is 6. The zero-order chi connectivity index (χ0) is 16.1. The van der Waals surface area contributed by atoms with Gasteiger partial charge in [-0.1, -0.05) is 32.9 Å². The molecule has 0 aliphatic heterocycles. The van der Waals surface area contributed by atoms with Crippen molar-refractivity contribution in [3.63, 3.8) is 0 Å². The van der Waals surface area contributed by atoms with E-state index in [4.69, 9.17) is 10.00 Å². The lowest BCUT2D eigenvalue weighted by Gasteiger charge is -2.29. The van der Waals surface area contributed by atoms with Gasteiger partial charge in [-0.3, -0.25) is 0 Å². The summed E-state index contributed by atoms with van der Waals surface area (Å²) in [6.07, 6.45) is -0.210. The third-order valence-corrected chi connectivity index (χ3v) is 4.47. The molecule has 5 nitrogen and oxygen atoms in total. The molecule has 0 unspecified atom stereocenters. The van der Waals surface area contributed by atoms with Gasteiger partial charge in [0, 0.05) is 13.7 Å². The van der Waals surface area contributed by atoms with Crippen molar-refractivity contribution in [1.82, 2.24) is 4.72 Å². The van der Waals surface area contributed by atoms with E-state index in [1.54, 1.807) is 31.4 Å². The van der Waals surface area contributed by atoms with Gasteiger partial charge < -0.3 is 4.74 Å². The molecule has 6 heteroatoms. The third kappa shape index (κ3) is 5.84. The van der Waals surface area contributed by atoms with Crippen LogP contribution in [0.25, 0.3) is 0 Å². The molecule has 0 saturated carbocycles. The molecule has 116 valence electrons. The lowest BCUT2D eigenvalue weighted by atomic mass is 9.89. The van der Waals surface area contributed by atoms with Crippen LogP contribution in [-0.4, -0.2) is 28.2 Å². The third-order valence-electron chi connectivity index (χ3n) is 3.15. The number of ether oxygens (including phenoxy) is 1. The highest BCUT2D eigenvalue weighted by atomic mass is 32.2. The fourth-order valence-corrected chi connectivity index (χ4v) is 3.07. The Hall–Kier alpha value is -1.42. The molecule has 1 atom stereocenters. The van der Waals surface area contributed by atoms with E-state index in [1.165, 1.54) is 0 Å². The number of nitrogens with one attached hydrogen (secondary N) is 1. The molecule has 21 heavy (non-hydrogen) atoms. The molecule has 1 rings (SSSR count). The molecular weight excluding hydrogens is 288 g/mol. The number of benzene rings is 1. The standard InChI is InChI=1S/C15H22N2O3S/c1-15(2,3)14(20-4)10-17-21(18,19)11-13-7-5-6-12(8-13)9-16/h5-8,14,17H,10-11H2,1-4H3/t14-/m0/s1. The Labute approximate surface area is 127 Å². The minimum Gasteiger partial charge on any atom is -0.380 e. The van der Waals surface area contributed by atoms with Gasteiger partial charge in [0.1, 0.15) is 0 Å². The van der Waals surface area contributed by atoms with E-state index in [0.29, 0.717) is 11.1 Å². The molecule has 0 heterocycles. The van der Waals surface area contributed by atoms with Crippen LogP contribution >= 0.6 is 0 Å². The monoisotopic (exact) mass is 310 g/mol. The summed E-state index contributed by atoms with van der Waals surface area (Å²) in [6, 6.07) is 8.59. The quantitative estimate of drug-likeness (QED) is 0.872. The van der Waals surface area contributed by atoms with Crippen molar-refractivity contribution in [2.24, 2.45) is 5.41 Å². The van der Waals surface area contributed by atoms with E-state index in [2.05, 4.69) is 4.72 Å². The van der Waals surface area contributed by atoms with Crippen molar-refractivity contribution in [1.29, 1.82) is 5.26 Å². The summed E-state index contributed by atoms with van der Waals surface area (Å²) in [5.41, 5.74) is 0.885. The molecule has 1 N–H and O–H groups in total. The Bertz CT molecular complexity index is 613. The van der Waals surface area contributed by atoms with Gasteiger partial charge in [-0.05, 0) is 23.1 Å². The van der Waals surface area contributed by atoms with Gasteiger partial charge in [0.25, 0.3) is 0 Å². The predicted molar refractivity (Wildman–Crippen MR) is 82.0 cm³/mol. The van der Waals surface area contributed by atoms with E-state index in [-0.39, 0.29) is 23.8 Å². The Morgan fingerprint density at radius 3 is 2.57 bits per heavy atom. The van der Waals surface area contributed by atoms with Gasteiger partial charge in [0.05, 0.1) is 23.5 Å². The van der Waals surface area contributed by atoms with E-state index < -0.39 is 10.0 Å². The predicted octanol–water partition coefficient (Wildman–Crippen LogP) is 2.04. The normalized spacial score (nSPS) is 13.7. The summed E-state index contributed by atoms with van der Waals surface area (Å²) in [5, 5.41) is 8.83. The molecule has 0 saturated heterocycles. The second-order valence-corrected chi connectivity index (χ2v) is 7.82. The molecule has 1 aromatic rings. The van der Waals surface area contributed by atoms with Crippen LogP contribution in [-0.2, 0) is 20.5 Å². The maximum Gasteiger partial charge on any atom is 0.215 e. The molecule has 0 amide bonds. The van der Waals surface area contributed by atoms with E-state index in [0.717, 1.165) is 0 Å². The average molecular weight is 310 g/mol. The first-order valence-electron chi connectivity index (χ1n) is 6.67. The molecule has 0 bridgehead atoms. The van der Waals surface area contributed by atoms with Gasteiger partial charge in [0.15, 0.2) is 0 Å². The van der Waals surface area contributed by atoms with Gasteiger partial charge in [-0.2, -0.15) is 5.26 Å². The largest absolute Gasteiger partial charge is 0.380 e. The summed E-state index contributed by atoms with van der Waals surface area (Å²) >= 11 is 0. The molecule has 0 radical (unpaired) electrons. The van der Waals surface area contributed by atoms with Gasteiger partial charge in [0.2, 0.25) is 10.0 Å². The average Bonchev–Trinajstić information content (AvgIpc) is 2.37. The van der Waals surface area contributed by atoms with Crippen LogP contribution < -0.4 is 4.72 Å². The van der Waals surface area contributed by atoms with Gasteiger partial charge >= 0.3 is 0 Å². The number of hydrogen-bond acceptors (Lipinski definition) is 4. The highest BCUT2D eigenvalue weighted by Crippen LogP contribution is 2.21. The highest BCUT2D eigenvalue weighted by molar-refractivity contribution is 7.88. The lowest BCUT2D eigenvalue weighted by Crippen LogP contribution is -2.40. The molecule has 0 aromatic heterocycles. The summed E-state index contributed by atoms with van der Waals surface area (Å²) in [6.45, 7) is 6.20. The van der Waals surface area contributed by atoms with Crippen molar-refractivity contribution < 1.29 is 13.2 Å². The second kappa shape index (κ2) is 7.03. The first kappa shape index (κ1) is 17.6. The van der Waals surface area contributed by atoms with Crippen molar-refractivity contribution in [2.75, 3.05) is 13.7 Å². The van der Waals surface area contributed by atoms with E-state index >= 15 is 0 Å². The fourth-order valence-electron chi connectivity index (χ4n) is 1.95. The molecule has 0 aliphatic rings. The Morgan fingerprint density at radius 1 is 1.38 bits per heavy atom. The topological polar surface area (TPSA) is 79.2 Å². The molecule has 1 aromatic carbocycles. The van der Waals surface area contributed by atoms with Crippen molar-refractivity contribution in [3.8, 4) is 6.07 Å². The van der Waals surface area contributed by atoms with Crippen molar-refractivity contribution in [2.45, 2.75) is 32.6 Å². The van der Waals surface area contributed by atoms with Gasteiger partial charge in [-0.15, -0.1) is 0 Å². The van der Waals surface area contributed by atoms with E-state index in [1.807, 2.05) is 26.8 Å². The van der Waals surface area contributed by atoms with Crippen LogP contribution in [0.2, 0.25) is 0 Å². The lowest BCUT2D eigenvalue weighted by molar-refractivity contribution is 0.0212. The summed E-state index contributed by atoms with van der Waals surface area (Å²) in [4.78, 5) is 0. The molecule has 0 spiro atoms. The zero-order valence-electron chi connectivity index (χ0n) is 12.9. The summed E-state index contributed by atoms with van der Waals surface area (Å²) in [5.74, 6) is -0.150. The Balaban J connectivity index is 2.72. The zero-order valence-corrected chi connectivity index (χ0v) is 13.7. The fraction of sp³-hybridized carbons (Fsp3) is 0.533. The maximum absolute atomic E-state index is 12.1. The second-order valence-electron chi connectivity index (χ2n) is 6.01. The number of methoxy groups -OCH3 is 1. The SMILES string of the molecule is CO[C@@H](CNS(=O)(=O)Cc1cccc(C#N)c1)C(C)(C)C. The Morgan fingerprint density at radius 2 is 2.05 bits per heavy atom. The smallest absolute Gasteiger partial charge is 0.215 e. The van der Waals surface area contributed by atoms with Crippen LogP contribution in [0.4, 0.5) is 0 Å². The minimum absolute atomic E-state index is 0.150. The van der Waals surface area contributed by atoms with Crippen LogP contribution in [0.5, 0.6) is 0 Å². The van der Waals surface area contributed by atoms with Crippen LogP contribution in [0.1, 0.15) is 31.9 Å². The molecule has 0 aliphatic carbocycles. The first-order valence-corrected chi connectivity index (χ1v) is 8.32. The molecule has 0 fully saturated rings. The minimum atomic E-state index is -3.46. The van der Waals surface area contributed by atoms with Crippen molar-refractivity contribution in [3.05, 3.63) is 35.4 Å². The van der Waals surface area contributed by atoms with E-state index in [9.17, 15) is 8.42 Å². The number of sulfonamides is 1. The van der Waals surface area contributed by atoms with Crippen LogP contribution in [0.3, 0.4) is 0 Å². The summed E-state index contributed by atoms with van der Waals surface area (Å²) < 4.78 is 32.1. The number of nitriles is 1. The highest BCUT2D eigenvalue weighted by Gasteiger charge is 2.26. The van der Waals surface area contributed by atoms with Crippen molar-refractivity contribution >= 4 is 10.0 Å². The van der Waals surface area contributed by atoms with Crippen LogP contribution in [0.15, 0.2) is 24.3 Å². The number of hydrogen-bond donors (Lipinski definition) is 1. The number of nitrogens with zero attached hydrogens (tertiary/aromatic N) is 1. The maximum atomic E-state index is 12.1. The molecular formula is C15H22N2O3S.